The SMILES string of the molecule is CC(=O)NCc1ccc(S(=O)(=O)N2CCC3CCCCC3C2)s1. The van der Waals surface area contributed by atoms with Gasteiger partial charge >= 0.3 is 0 Å². The van der Waals surface area contributed by atoms with Crippen molar-refractivity contribution in [1.29, 1.82) is 0 Å². The molecule has 0 radical (unpaired) electrons. The van der Waals surface area contributed by atoms with Gasteiger partial charge in [-0.05, 0) is 36.8 Å². The van der Waals surface area contributed by atoms with Crippen LogP contribution in [0.4, 0.5) is 0 Å². The quantitative estimate of drug-likeness (QED) is 0.902. The zero-order valence-corrected chi connectivity index (χ0v) is 15.1. The smallest absolute Gasteiger partial charge is 0.252 e. The van der Waals surface area contributed by atoms with Gasteiger partial charge in [0, 0.05) is 24.9 Å². The second-order valence-corrected chi connectivity index (χ2v) is 9.92. The summed E-state index contributed by atoms with van der Waals surface area (Å²) in [6.07, 6.45) is 5.95. The minimum atomic E-state index is -3.39. The fourth-order valence-corrected chi connectivity index (χ4v) is 6.68. The van der Waals surface area contributed by atoms with Crippen molar-refractivity contribution in [3.63, 3.8) is 0 Å². The van der Waals surface area contributed by atoms with Crippen LogP contribution in [0.2, 0.25) is 0 Å². The molecule has 2 heterocycles. The highest BCUT2D eigenvalue weighted by atomic mass is 32.2. The third-order valence-corrected chi connectivity index (χ3v) is 8.41. The molecule has 1 amide bonds. The van der Waals surface area contributed by atoms with Crippen molar-refractivity contribution in [2.45, 2.75) is 49.8 Å². The van der Waals surface area contributed by atoms with Crippen LogP contribution in [0.15, 0.2) is 16.3 Å². The van der Waals surface area contributed by atoms with Crippen LogP contribution in [-0.2, 0) is 21.4 Å². The van der Waals surface area contributed by atoms with E-state index in [2.05, 4.69) is 5.32 Å². The van der Waals surface area contributed by atoms with Gasteiger partial charge in [0.25, 0.3) is 10.0 Å². The molecular formula is C16H24N2O3S2. The van der Waals surface area contributed by atoms with E-state index in [4.69, 9.17) is 0 Å². The molecule has 0 aromatic carbocycles. The second kappa shape index (κ2) is 6.91. The highest BCUT2D eigenvalue weighted by Gasteiger charge is 2.36. The van der Waals surface area contributed by atoms with Crippen LogP contribution >= 0.6 is 11.3 Å². The number of sulfonamides is 1. The number of thiophene rings is 1. The normalized spacial score (nSPS) is 25.8. The van der Waals surface area contributed by atoms with Gasteiger partial charge in [-0.3, -0.25) is 4.79 Å². The maximum absolute atomic E-state index is 12.9. The summed E-state index contributed by atoms with van der Waals surface area (Å²) >= 11 is 1.26. The minimum Gasteiger partial charge on any atom is -0.351 e. The Morgan fingerprint density at radius 1 is 1.26 bits per heavy atom. The Bertz CT molecular complexity index is 669. The van der Waals surface area contributed by atoms with Gasteiger partial charge in [-0.15, -0.1) is 11.3 Å². The summed E-state index contributed by atoms with van der Waals surface area (Å²) in [5.74, 6) is 1.14. The molecule has 1 saturated carbocycles. The molecule has 1 aliphatic heterocycles. The van der Waals surface area contributed by atoms with E-state index in [-0.39, 0.29) is 5.91 Å². The molecule has 5 nitrogen and oxygen atoms in total. The lowest BCUT2D eigenvalue weighted by atomic mass is 9.76. The second-order valence-electron chi connectivity index (χ2n) is 6.59. The van der Waals surface area contributed by atoms with Gasteiger partial charge in [-0.25, -0.2) is 8.42 Å². The number of rotatable bonds is 4. The molecule has 0 spiro atoms. The van der Waals surface area contributed by atoms with E-state index in [1.165, 1.54) is 37.5 Å². The first-order valence-electron chi connectivity index (χ1n) is 8.30. The van der Waals surface area contributed by atoms with Crippen LogP contribution in [0.25, 0.3) is 0 Å². The fraction of sp³-hybridized carbons (Fsp3) is 0.688. The van der Waals surface area contributed by atoms with Gasteiger partial charge in [0.1, 0.15) is 4.21 Å². The van der Waals surface area contributed by atoms with Crippen LogP contribution in [0.5, 0.6) is 0 Å². The van der Waals surface area contributed by atoms with E-state index < -0.39 is 10.0 Å². The van der Waals surface area contributed by atoms with Crippen LogP contribution in [0, 0.1) is 11.8 Å². The molecule has 23 heavy (non-hydrogen) atoms. The highest BCUT2D eigenvalue weighted by Crippen LogP contribution is 2.38. The number of fused-ring (bicyclic) bond motifs is 1. The summed E-state index contributed by atoms with van der Waals surface area (Å²) < 4.78 is 27.8. The number of nitrogens with one attached hydrogen (secondary N) is 1. The van der Waals surface area contributed by atoms with E-state index in [1.807, 2.05) is 0 Å². The third kappa shape index (κ3) is 3.78. The van der Waals surface area contributed by atoms with Crippen LogP contribution in [-0.4, -0.2) is 31.7 Å². The molecule has 1 aromatic heterocycles. The predicted molar refractivity (Wildman–Crippen MR) is 90.7 cm³/mol. The van der Waals surface area contributed by atoms with Gasteiger partial charge in [-0.1, -0.05) is 19.3 Å². The molecule has 2 fully saturated rings. The number of hydrogen-bond donors (Lipinski definition) is 1. The zero-order chi connectivity index (χ0) is 16.4. The molecule has 7 heteroatoms. The number of hydrogen-bond acceptors (Lipinski definition) is 4. The van der Waals surface area contributed by atoms with Crippen LogP contribution in [0.3, 0.4) is 0 Å². The molecular weight excluding hydrogens is 332 g/mol. The van der Waals surface area contributed by atoms with Gasteiger partial charge < -0.3 is 5.32 Å². The lowest BCUT2D eigenvalue weighted by molar-refractivity contribution is -0.119. The molecule has 128 valence electrons. The Hall–Kier alpha value is -0.920. The molecule has 1 aliphatic carbocycles. The van der Waals surface area contributed by atoms with Gasteiger partial charge in [-0.2, -0.15) is 4.31 Å². The number of piperidine rings is 1. The average molecular weight is 357 g/mol. The topological polar surface area (TPSA) is 66.5 Å². The number of carbonyl (C=O) groups is 1. The Morgan fingerprint density at radius 3 is 2.74 bits per heavy atom. The molecule has 0 bridgehead atoms. The van der Waals surface area contributed by atoms with Crippen molar-refractivity contribution in [2.24, 2.45) is 11.8 Å². The summed E-state index contributed by atoms with van der Waals surface area (Å²) in [5, 5.41) is 2.71. The van der Waals surface area contributed by atoms with E-state index >= 15 is 0 Å². The molecule has 3 rings (SSSR count). The largest absolute Gasteiger partial charge is 0.351 e. The van der Waals surface area contributed by atoms with Crippen molar-refractivity contribution in [1.82, 2.24) is 9.62 Å². The van der Waals surface area contributed by atoms with Gasteiger partial charge in [0.2, 0.25) is 5.91 Å². The number of carbonyl (C=O) groups excluding carboxylic acids is 1. The standard InChI is InChI=1S/C16H24N2O3S2/c1-12(19)17-10-15-6-7-16(22-15)23(20,21)18-9-8-13-4-2-3-5-14(13)11-18/h6-7,13-14H,2-5,8-11H2,1H3,(H,17,19). The summed E-state index contributed by atoms with van der Waals surface area (Å²) in [7, 11) is -3.39. The molecule has 2 unspecified atom stereocenters. The van der Waals surface area contributed by atoms with Crippen molar-refractivity contribution >= 4 is 27.3 Å². The van der Waals surface area contributed by atoms with E-state index in [1.54, 1.807) is 16.4 Å². The van der Waals surface area contributed by atoms with Gasteiger partial charge in [0.05, 0.1) is 6.54 Å². The maximum atomic E-state index is 12.9. The lowest BCUT2D eigenvalue weighted by Gasteiger charge is -2.40. The Morgan fingerprint density at radius 2 is 2.00 bits per heavy atom. The van der Waals surface area contributed by atoms with E-state index in [0.29, 0.717) is 35.7 Å². The first-order chi connectivity index (χ1) is 11.0. The summed E-state index contributed by atoms with van der Waals surface area (Å²) in [5.41, 5.74) is 0. The van der Waals surface area contributed by atoms with Crippen LogP contribution < -0.4 is 5.32 Å². The highest BCUT2D eigenvalue weighted by molar-refractivity contribution is 7.91. The predicted octanol–water partition coefficient (Wildman–Crippen LogP) is 2.59. The first kappa shape index (κ1) is 16.9. The third-order valence-electron chi connectivity index (χ3n) is 5.00. The molecule has 1 saturated heterocycles. The molecule has 1 N–H and O–H groups in total. The van der Waals surface area contributed by atoms with Crippen molar-refractivity contribution in [3.8, 4) is 0 Å². The summed E-state index contributed by atoms with van der Waals surface area (Å²) in [4.78, 5) is 11.8. The number of amides is 1. The Kier molecular flexibility index (Phi) is 5.08. The molecule has 1 aromatic rings. The summed E-state index contributed by atoms with van der Waals surface area (Å²) in [6, 6.07) is 3.46. The molecule has 2 atom stereocenters. The Labute approximate surface area is 142 Å². The van der Waals surface area contributed by atoms with Gasteiger partial charge in [0.15, 0.2) is 0 Å². The first-order valence-corrected chi connectivity index (χ1v) is 10.6. The monoisotopic (exact) mass is 356 g/mol. The molecule has 2 aliphatic rings. The van der Waals surface area contributed by atoms with E-state index in [0.717, 1.165) is 17.7 Å². The summed E-state index contributed by atoms with van der Waals surface area (Å²) in [6.45, 7) is 3.16. The average Bonchev–Trinajstić information content (AvgIpc) is 3.02. The van der Waals surface area contributed by atoms with Crippen molar-refractivity contribution in [3.05, 3.63) is 17.0 Å². The Balaban J connectivity index is 1.70. The lowest BCUT2D eigenvalue weighted by Crippen LogP contribution is -2.44. The van der Waals surface area contributed by atoms with Crippen LogP contribution in [0.1, 0.15) is 43.9 Å². The van der Waals surface area contributed by atoms with Crippen molar-refractivity contribution < 1.29 is 13.2 Å². The van der Waals surface area contributed by atoms with Crippen molar-refractivity contribution in [2.75, 3.05) is 13.1 Å². The fourth-order valence-electron chi connectivity index (χ4n) is 3.72. The minimum absolute atomic E-state index is 0.109. The number of nitrogens with zero attached hydrogens (tertiary/aromatic N) is 1. The zero-order valence-electron chi connectivity index (χ0n) is 13.5. The maximum Gasteiger partial charge on any atom is 0.252 e. The van der Waals surface area contributed by atoms with E-state index in [9.17, 15) is 13.2 Å².